The highest BCUT2D eigenvalue weighted by Gasteiger charge is 2.29. The van der Waals surface area contributed by atoms with Crippen LogP contribution in [0.5, 0.6) is 5.75 Å². The van der Waals surface area contributed by atoms with Gasteiger partial charge in [0.25, 0.3) is 0 Å². The zero-order valence-electron chi connectivity index (χ0n) is 7.53. The van der Waals surface area contributed by atoms with Gasteiger partial charge in [0.2, 0.25) is 0 Å². The van der Waals surface area contributed by atoms with E-state index in [-0.39, 0.29) is 6.04 Å². The highest BCUT2D eigenvalue weighted by atomic mass is 16.5. The van der Waals surface area contributed by atoms with E-state index in [1.54, 1.807) is 7.11 Å². The SMILES string of the molecule is COc1cccc2c1C[C@@H](N)[C@H]2O. The molecule has 1 aliphatic rings. The molecule has 0 aromatic heterocycles. The second-order valence-corrected chi connectivity index (χ2v) is 3.34. The van der Waals surface area contributed by atoms with Gasteiger partial charge >= 0.3 is 0 Å². The molecule has 0 saturated carbocycles. The van der Waals surface area contributed by atoms with Crippen molar-refractivity contribution in [3.63, 3.8) is 0 Å². The third-order valence-corrected chi connectivity index (χ3v) is 2.55. The fourth-order valence-electron chi connectivity index (χ4n) is 1.85. The Morgan fingerprint density at radius 1 is 1.54 bits per heavy atom. The van der Waals surface area contributed by atoms with E-state index in [1.807, 2.05) is 18.2 Å². The summed E-state index contributed by atoms with van der Waals surface area (Å²) in [5, 5.41) is 9.69. The number of ether oxygens (including phenoxy) is 1. The minimum absolute atomic E-state index is 0.189. The number of hydrogen-bond acceptors (Lipinski definition) is 3. The third kappa shape index (κ3) is 1.20. The topological polar surface area (TPSA) is 55.5 Å². The van der Waals surface area contributed by atoms with Gasteiger partial charge in [0.05, 0.1) is 13.2 Å². The van der Waals surface area contributed by atoms with E-state index in [1.165, 1.54) is 0 Å². The lowest BCUT2D eigenvalue weighted by molar-refractivity contribution is 0.159. The normalized spacial score (nSPS) is 25.8. The Morgan fingerprint density at radius 2 is 2.31 bits per heavy atom. The van der Waals surface area contributed by atoms with Gasteiger partial charge in [0, 0.05) is 11.6 Å². The number of aliphatic hydroxyl groups is 1. The molecule has 0 amide bonds. The zero-order chi connectivity index (χ0) is 9.42. The van der Waals surface area contributed by atoms with Crippen LogP contribution in [-0.4, -0.2) is 18.3 Å². The Hall–Kier alpha value is -1.06. The molecule has 3 heteroatoms. The molecule has 0 unspecified atom stereocenters. The maximum atomic E-state index is 9.69. The molecule has 0 bridgehead atoms. The average molecular weight is 179 g/mol. The van der Waals surface area contributed by atoms with E-state index in [9.17, 15) is 5.11 Å². The molecule has 1 aromatic carbocycles. The van der Waals surface area contributed by atoms with Crippen molar-refractivity contribution in [1.82, 2.24) is 0 Å². The summed E-state index contributed by atoms with van der Waals surface area (Å²) in [6, 6.07) is 5.48. The van der Waals surface area contributed by atoms with Crippen molar-refractivity contribution in [3.8, 4) is 5.75 Å². The van der Waals surface area contributed by atoms with Crippen molar-refractivity contribution in [2.24, 2.45) is 5.73 Å². The third-order valence-electron chi connectivity index (χ3n) is 2.55. The average Bonchev–Trinajstić information content (AvgIpc) is 2.43. The molecule has 0 radical (unpaired) electrons. The summed E-state index contributed by atoms with van der Waals surface area (Å²) in [5.41, 5.74) is 7.70. The predicted octanol–water partition coefficient (Wildman–Crippen LogP) is 0.612. The van der Waals surface area contributed by atoms with Crippen LogP contribution in [0.25, 0.3) is 0 Å². The van der Waals surface area contributed by atoms with E-state index >= 15 is 0 Å². The van der Waals surface area contributed by atoms with Crippen LogP contribution >= 0.6 is 0 Å². The number of hydrogen-bond donors (Lipinski definition) is 2. The molecule has 2 atom stereocenters. The van der Waals surface area contributed by atoms with E-state index in [0.717, 1.165) is 16.9 Å². The number of aliphatic hydroxyl groups excluding tert-OH is 1. The largest absolute Gasteiger partial charge is 0.496 e. The number of rotatable bonds is 1. The van der Waals surface area contributed by atoms with E-state index in [2.05, 4.69) is 0 Å². The van der Waals surface area contributed by atoms with Crippen LogP contribution in [0.3, 0.4) is 0 Å². The molecule has 2 rings (SSSR count). The minimum Gasteiger partial charge on any atom is -0.496 e. The molecule has 3 nitrogen and oxygen atoms in total. The number of benzene rings is 1. The van der Waals surface area contributed by atoms with Gasteiger partial charge in [-0.1, -0.05) is 12.1 Å². The highest BCUT2D eigenvalue weighted by Crippen LogP contribution is 2.35. The lowest BCUT2D eigenvalue weighted by Crippen LogP contribution is -2.24. The van der Waals surface area contributed by atoms with Gasteiger partial charge in [-0.3, -0.25) is 0 Å². The van der Waals surface area contributed by atoms with Crippen LogP contribution in [0, 0.1) is 0 Å². The molecular formula is C10H13NO2. The zero-order valence-corrected chi connectivity index (χ0v) is 7.53. The Morgan fingerprint density at radius 3 is 3.00 bits per heavy atom. The molecule has 0 spiro atoms. The van der Waals surface area contributed by atoms with Gasteiger partial charge in [-0.05, 0) is 18.1 Å². The quantitative estimate of drug-likeness (QED) is 0.664. The molecule has 1 aromatic rings. The molecule has 0 fully saturated rings. The fraction of sp³-hybridized carbons (Fsp3) is 0.400. The Bertz CT molecular complexity index is 325. The van der Waals surface area contributed by atoms with E-state index < -0.39 is 6.10 Å². The molecule has 13 heavy (non-hydrogen) atoms. The summed E-state index contributed by atoms with van der Waals surface area (Å²) >= 11 is 0. The minimum atomic E-state index is -0.537. The molecule has 0 heterocycles. The van der Waals surface area contributed by atoms with Gasteiger partial charge in [-0.15, -0.1) is 0 Å². The molecule has 0 saturated heterocycles. The smallest absolute Gasteiger partial charge is 0.122 e. The summed E-state index contributed by atoms with van der Waals surface area (Å²) < 4.78 is 5.19. The van der Waals surface area contributed by atoms with Crippen LogP contribution in [-0.2, 0) is 6.42 Å². The first-order chi connectivity index (χ1) is 6.24. The molecule has 3 N–H and O–H groups in total. The monoisotopic (exact) mass is 179 g/mol. The van der Waals surface area contributed by atoms with E-state index in [4.69, 9.17) is 10.5 Å². The second-order valence-electron chi connectivity index (χ2n) is 3.34. The van der Waals surface area contributed by atoms with Crippen molar-refractivity contribution in [2.75, 3.05) is 7.11 Å². The number of fused-ring (bicyclic) bond motifs is 1. The molecule has 0 aliphatic heterocycles. The molecule has 70 valence electrons. The molecule has 1 aliphatic carbocycles. The maximum absolute atomic E-state index is 9.69. The van der Waals surface area contributed by atoms with E-state index in [0.29, 0.717) is 6.42 Å². The Balaban J connectivity index is 2.49. The summed E-state index contributed by atoms with van der Waals surface area (Å²) in [4.78, 5) is 0. The maximum Gasteiger partial charge on any atom is 0.122 e. The molecular weight excluding hydrogens is 166 g/mol. The summed E-state index contributed by atoms with van der Waals surface area (Å²) in [5.74, 6) is 0.824. The van der Waals surface area contributed by atoms with Gasteiger partial charge in [0.1, 0.15) is 5.75 Å². The summed E-state index contributed by atoms with van der Waals surface area (Å²) in [7, 11) is 1.63. The first kappa shape index (κ1) is 8.53. The van der Waals surface area contributed by atoms with Crippen LogP contribution in [0.4, 0.5) is 0 Å². The van der Waals surface area contributed by atoms with Crippen LogP contribution in [0.1, 0.15) is 17.2 Å². The standard InChI is InChI=1S/C10H13NO2/c1-13-9-4-2-3-6-7(9)5-8(11)10(6)12/h2-4,8,10,12H,5,11H2,1H3/t8-,10+/m1/s1. The van der Waals surface area contributed by atoms with Crippen LogP contribution in [0.2, 0.25) is 0 Å². The van der Waals surface area contributed by atoms with Crippen LogP contribution < -0.4 is 10.5 Å². The van der Waals surface area contributed by atoms with Crippen molar-refractivity contribution in [3.05, 3.63) is 29.3 Å². The van der Waals surface area contributed by atoms with Gasteiger partial charge in [0.15, 0.2) is 0 Å². The number of methoxy groups -OCH3 is 1. The lowest BCUT2D eigenvalue weighted by Gasteiger charge is -2.08. The Labute approximate surface area is 77.1 Å². The Kier molecular flexibility index (Phi) is 1.98. The highest BCUT2D eigenvalue weighted by molar-refractivity contribution is 5.45. The summed E-state index contributed by atoms with van der Waals surface area (Å²) in [6.45, 7) is 0. The first-order valence-electron chi connectivity index (χ1n) is 4.33. The van der Waals surface area contributed by atoms with Gasteiger partial charge in [-0.2, -0.15) is 0 Å². The first-order valence-corrected chi connectivity index (χ1v) is 4.33. The second kappa shape index (κ2) is 3.01. The van der Waals surface area contributed by atoms with Crippen molar-refractivity contribution < 1.29 is 9.84 Å². The predicted molar refractivity (Wildman–Crippen MR) is 49.6 cm³/mol. The fourth-order valence-corrected chi connectivity index (χ4v) is 1.85. The van der Waals surface area contributed by atoms with Crippen molar-refractivity contribution in [1.29, 1.82) is 0 Å². The van der Waals surface area contributed by atoms with Crippen molar-refractivity contribution in [2.45, 2.75) is 18.6 Å². The van der Waals surface area contributed by atoms with Crippen LogP contribution in [0.15, 0.2) is 18.2 Å². The van der Waals surface area contributed by atoms with Gasteiger partial charge < -0.3 is 15.6 Å². The van der Waals surface area contributed by atoms with Gasteiger partial charge in [-0.25, -0.2) is 0 Å². The lowest BCUT2D eigenvalue weighted by atomic mass is 10.1. The van der Waals surface area contributed by atoms with Crippen molar-refractivity contribution >= 4 is 0 Å². The number of nitrogens with two attached hydrogens (primary N) is 1. The summed E-state index contributed by atoms with van der Waals surface area (Å²) in [6.07, 6.45) is 0.158.